The summed E-state index contributed by atoms with van der Waals surface area (Å²) in [4.78, 5) is 22.7. The van der Waals surface area contributed by atoms with Gasteiger partial charge in [-0.1, -0.05) is 27.2 Å². The molecule has 2 amide bonds. The highest BCUT2D eigenvalue weighted by Gasteiger charge is 2.27. The van der Waals surface area contributed by atoms with Gasteiger partial charge in [-0.25, -0.2) is 4.79 Å². The highest BCUT2D eigenvalue weighted by Crippen LogP contribution is 2.34. The molecule has 0 heterocycles. The van der Waals surface area contributed by atoms with Gasteiger partial charge in [0.15, 0.2) is 0 Å². The van der Waals surface area contributed by atoms with Crippen molar-refractivity contribution in [3.63, 3.8) is 0 Å². The first-order valence-corrected chi connectivity index (χ1v) is 7.61. The van der Waals surface area contributed by atoms with E-state index in [0.29, 0.717) is 11.8 Å². The van der Waals surface area contributed by atoms with Gasteiger partial charge in [0.2, 0.25) is 0 Å². The van der Waals surface area contributed by atoms with E-state index in [2.05, 4.69) is 24.5 Å². The van der Waals surface area contributed by atoms with E-state index in [1.54, 1.807) is 0 Å². The molecule has 1 aliphatic carbocycles. The Kier molecular flexibility index (Phi) is 6.30. The second kappa shape index (κ2) is 7.50. The number of nitrogens with one attached hydrogen (secondary N) is 2. The van der Waals surface area contributed by atoms with Crippen LogP contribution in [0.5, 0.6) is 0 Å². The molecule has 1 atom stereocenters. The third kappa shape index (κ3) is 6.26. The van der Waals surface area contributed by atoms with Crippen molar-refractivity contribution < 1.29 is 14.7 Å². The van der Waals surface area contributed by atoms with Crippen LogP contribution < -0.4 is 10.6 Å². The smallest absolute Gasteiger partial charge is 0.315 e. The van der Waals surface area contributed by atoms with Crippen LogP contribution in [0.4, 0.5) is 4.79 Å². The Morgan fingerprint density at radius 1 is 1.30 bits per heavy atom. The van der Waals surface area contributed by atoms with Crippen molar-refractivity contribution in [1.82, 2.24) is 10.6 Å². The number of carbonyl (C=O) groups is 2. The molecule has 0 saturated heterocycles. The predicted octanol–water partition coefficient (Wildman–Crippen LogP) is 2.90. The molecule has 0 aromatic carbocycles. The molecule has 20 heavy (non-hydrogen) atoms. The summed E-state index contributed by atoms with van der Waals surface area (Å²) in [6.07, 6.45) is 5.76. The number of carboxylic acids is 1. The maximum Gasteiger partial charge on any atom is 0.315 e. The Labute approximate surface area is 121 Å². The first kappa shape index (κ1) is 16.8. The van der Waals surface area contributed by atoms with Crippen molar-refractivity contribution in [2.45, 2.75) is 77.8 Å². The summed E-state index contributed by atoms with van der Waals surface area (Å²) in [5, 5.41) is 14.6. The minimum atomic E-state index is -0.872. The SMILES string of the molecule is CCCC(CC(=O)O)NC(=O)NC1CCC(C)(C)CC1. The molecule has 1 aliphatic rings. The molecule has 0 spiro atoms. The Hall–Kier alpha value is -1.26. The highest BCUT2D eigenvalue weighted by atomic mass is 16.4. The number of hydrogen-bond acceptors (Lipinski definition) is 2. The molecule has 1 rings (SSSR count). The zero-order chi connectivity index (χ0) is 15.2. The van der Waals surface area contributed by atoms with Gasteiger partial charge in [-0.3, -0.25) is 4.79 Å². The number of amides is 2. The van der Waals surface area contributed by atoms with E-state index in [-0.39, 0.29) is 24.5 Å². The van der Waals surface area contributed by atoms with Crippen molar-refractivity contribution >= 4 is 12.0 Å². The van der Waals surface area contributed by atoms with Crippen molar-refractivity contribution in [2.75, 3.05) is 0 Å². The molecule has 0 bridgehead atoms. The average molecular weight is 284 g/mol. The van der Waals surface area contributed by atoms with Gasteiger partial charge in [0.25, 0.3) is 0 Å². The number of carbonyl (C=O) groups excluding carboxylic acids is 1. The lowest BCUT2D eigenvalue weighted by Crippen LogP contribution is -2.48. The van der Waals surface area contributed by atoms with Crippen LogP contribution in [0.2, 0.25) is 0 Å². The molecule has 0 aromatic rings. The Morgan fingerprint density at radius 3 is 2.40 bits per heavy atom. The van der Waals surface area contributed by atoms with Crippen molar-refractivity contribution in [1.29, 1.82) is 0 Å². The zero-order valence-corrected chi connectivity index (χ0v) is 12.9. The summed E-state index contributed by atoms with van der Waals surface area (Å²) in [6.45, 7) is 6.50. The van der Waals surface area contributed by atoms with E-state index in [1.807, 2.05) is 6.92 Å². The van der Waals surface area contributed by atoms with Gasteiger partial charge >= 0.3 is 12.0 Å². The first-order valence-electron chi connectivity index (χ1n) is 7.61. The fourth-order valence-electron chi connectivity index (χ4n) is 2.74. The Morgan fingerprint density at radius 2 is 1.90 bits per heavy atom. The molecule has 1 saturated carbocycles. The average Bonchev–Trinajstić information content (AvgIpc) is 2.31. The molecule has 0 aliphatic heterocycles. The highest BCUT2D eigenvalue weighted by molar-refractivity contribution is 5.76. The van der Waals surface area contributed by atoms with Gasteiger partial charge in [0.05, 0.1) is 6.42 Å². The van der Waals surface area contributed by atoms with E-state index in [4.69, 9.17) is 5.11 Å². The van der Waals surface area contributed by atoms with Crippen molar-refractivity contribution in [3.8, 4) is 0 Å². The molecule has 116 valence electrons. The number of urea groups is 1. The summed E-state index contributed by atoms with van der Waals surface area (Å²) in [7, 11) is 0. The summed E-state index contributed by atoms with van der Waals surface area (Å²) >= 11 is 0. The van der Waals surface area contributed by atoms with Crippen LogP contribution in [0.15, 0.2) is 0 Å². The molecule has 1 fully saturated rings. The van der Waals surface area contributed by atoms with Gasteiger partial charge < -0.3 is 15.7 Å². The minimum Gasteiger partial charge on any atom is -0.481 e. The normalized spacial score (nSPS) is 20.1. The lowest BCUT2D eigenvalue weighted by atomic mass is 9.76. The molecule has 5 nitrogen and oxygen atoms in total. The first-order chi connectivity index (χ1) is 9.32. The maximum absolute atomic E-state index is 11.9. The number of rotatable bonds is 6. The summed E-state index contributed by atoms with van der Waals surface area (Å²) in [6, 6.07) is -0.290. The van der Waals surface area contributed by atoms with Crippen LogP contribution in [0.1, 0.15) is 65.7 Å². The summed E-state index contributed by atoms with van der Waals surface area (Å²) in [5.41, 5.74) is 0.378. The van der Waals surface area contributed by atoms with Crippen LogP contribution in [-0.4, -0.2) is 29.2 Å². The minimum absolute atomic E-state index is 0.0149. The lowest BCUT2D eigenvalue weighted by Gasteiger charge is -2.34. The molecule has 3 N–H and O–H groups in total. The predicted molar refractivity (Wildman–Crippen MR) is 78.7 cm³/mol. The van der Waals surface area contributed by atoms with Gasteiger partial charge in [-0.15, -0.1) is 0 Å². The lowest BCUT2D eigenvalue weighted by molar-refractivity contribution is -0.137. The van der Waals surface area contributed by atoms with Gasteiger partial charge in [0.1, 0.15) is 0 Å². The maximum atomic E-state index is 11.9. The van der Waals surface area contributed by atoms with E-state index < -0.39 is 5.97 Å². The fourth-order valence-corrected chi connectivity index (χ4v) is 2.74. The van der Waals surface area contributed by atoms with Gasteiger partial charge in [-0.05, 0) is 37.5 Å². The van der Waals surface area contributed by atoms with Crippen LogP contribution in [-0.2, 0) is 4.79 Å². The second-order valence-corrected chi connectivity index (χ2v) is 6.64. The molecular formula is C15H28N2O3. The van der Waals surface area contributed by atoms with Gasteiger partial charge in [-0.2, -0.15) is 0 Å². The zero-order valence-electron chi connectivity index (χ0n) is 12.9. The van der Waals surface area contributed by atoms with Gasteiger partial charge in [0, 0.05) is 12.1 Å². The Balaban J connectivity index is 2.36. The molecule has 5 heteroatoms. The molecule has 0 radical (unpaired) electrons. The quantitative estimate of drug-likeness (QED) is 0.701. The van der Waals surface area contributed by atoms with Crippen LogP contribution in [0, 0.1) is 5.41 Å². The largest absolute Gasteiger partial charge is 0.481 e. The van der Waals surface area contributed by atoms with Crippen LogP contribution in [0.25, 0.3) is 0 Å². The third-order valence-electron chi connectivity index (χ3n) is 4.07. The standard InChI is InChI=1S/C15H28N2O3/c1-4-5-12(10-13(18)19)17-14(20)16-11-6-8-15(2,3)9-7-11/h11-12H,4-10H2,1-3H3,(H,18,19)(H2,16,17,20). The monoisotopic (exact) mass is 284 g/mol. The second-order valence-electron chi connectivity index (χ2n) is 6.64. The van der Waals surface area contributed by atoms with E-state index in [0.717, 1.165) is 32.1 Å². The van der Waals surface area contributed by atoms with E-state index in [1.165, 1.54) is 0 Å². The summed E-state index contributed by atoms with van der Waals surface area (Å²) in [5.74, 6) is -0.872. The van der Waals surface area contributed by atoms with Crippen LogP contribution >= 0.6 is 0 Å². The van der Waals surface area contributed by atoms with Crippen molar-refractivity contribution in [3.05, 3.63) is 0 Å². The number of aliphatic carboxylic acids is 1. The van der Waals surface area contributed by atoms with Crippen molar-refractivity contribution in [2.24, 2.45) is 5.41 Å². The van der Waals surface area contributed by atoms with E-state index >= 15 is 0 Å². The molecule has 1 unspecified atom stereocenters. The summed E-state index contributed by atoms with van der Waals surface area (Å²) < 4.78 is 0. The van der Waals surface area contributed by atoms with E-state index in [9.17, 15) is 9.59 Å². The topological polar surface area (TPSA) is 78.4 Å². The number of carboxylic acid groups (broad SMARTS) is 1. The fraction of sp³-hybridized carbons (Fsp3) is 0.867. The molecule has 0 aromatic heterocycles. The Bertz CT molecular complexity index is 332. The third-order valence-corrected chi connectivity index (χ3v) is 4.07. The number of hydrogen-bond donors (Lipinski definition) is 3. The van der Waals surface area contributed by atoms with Crippen LogP contribution in [0.3, 0.4) is 0 Å². The molecular weight excluding hydrogens is 256 g/mol.